The summed E-state index contributed by atoms with van der Waals surface area (Å²) in [7, 11) is 1.26. The number of methoxy groups -OCH3 is 1. The van der Waals surface area contributed by atoms with Crippen molar-refractivity contribution in [3.05, 3.63) is 76.4 Å². The molecule has 236 valence electrons. The minimum atomic E-state index is -1.07. The molecule has 2 heterocycles. The Hall–Kier alpha value is -4.67. The van der Waals surface area contributed by atoms with Gasteiger partial charge in [0.15, 0.2) is 5.76 Å². The fourth-order valence-corrected chi connectivity index (χ4v) is 7.72. The molecule has 4 saturated carbocycles. The van der Waals surface area contributed by atoms with Gasteiger partial charge in [-0.2, -0.15) is 0 Å². The Bertz CT molecular complexity index is 1720. The summed E-state index contributed by atoms with van der Waals surface area (Å²) in [6, 6.07) is 9.39. The molecule has 3 N–H and O–H groups in total. The van der Waals surface area contributed by atoms with Crippen molar-refractivity contribution in [2.45, 2.75) is 64.1 Å². The number of carbonyl (C=O) groups is 4. The van der Waals surface area contributed by atoms with Gasteiger partial charge in [0.25, 0.3) is 11.5 Å². The number of fused-ring (bicyclic) bond motifs is 1. The number of anilines is 1. The molecule has 3 aromatic rings. The average Bonchev–Trinajstić information content (AvgIpc) is 3.60. The van der Waals surface area contributed by atoms with E-state index < -0.39 is 29.4 Å². The lowest BCUT2D eigenvalue weighted by Gasteiger charge is -2.32. The van der Waals surface area contributed by atoms with Crippen molar-refractivity contribution in [3.8, 4) is 0 Å². The van der Waals surface area contributed by atoms with Gasteiger partial charge in [0.05, 0.1) is 7.11 Å². The fraction of sp³-hybridized carbons (Fsp3) is 0.441. The van der Waals surface area contributed by atoms with E-state index in [1.165, 1.54) is 55.7 Å². The normalized spacial score (nSPS) is 23.7. The smallest absolute Gasteiger partial charge is 0.330 e. The zero-order valence-electron chi connectivity index (χ0n) is 25.4. The van der Waals surface area contributed by atoms with Crippen molar-refractivity contribution in [1.29, 1.82) is 0 Å². The average molecular weight is 615 g/mol. The highest BCUT2D eigenvalue weighted by atomic mass is 16.5. The van der Waals surface area contributed by atoms with Crippen molar-refractivity contribution < 1.29 is 28.3 Å². The molecule has 11 heteroatoms. The number of carbonyl (C=O) groups excluding carboxylic acids is 4. The highest BCUT2D eigenvalue weighted by Crippen LogP contribution is 2.58. The van der Waals surface area contributed by atoms with Gasteiger partial charge in [-0.25, -0.2) is 4.79 Å². The van der Waals surface area contributed by atoms with E-state index in [0.29, 0.717) is 28.9 Å². The Morgan fingerprint density at radius 2 is 1.87 bits per heavy atom. The zero-order valence-corrected chi connectivity index (χ0v) is 25.4. The van der Waals surface area contributed by atoms with Crippen molar-refractivity contribution in [1.82, 2.24) is 15.2 Å². The van der Waals surface area contributed by atoms with Crippen LogP contribution < -0.4 is 21.5 Å². The predicted molar refractivity (Wildman–Crippen MR) is 166 cm³/mol. The maximum absolute atomic E-state index is 13.5. The van der Waals surface area contributed by atoms with Crippen LogP contribution in [0.3, 0.4) is 0 Å². The Morgan fingerprint density at radius 3 is 2.64 bits per heavy atom. The number of pyridine rings is 1. The first-order valence-electron chi connectivity index (χ1n) is 15.5. The Labute approximate surface area is 260 Å². The van der Waals surface area contributed by atoms with Crippen LogP contribution in [0.15, 0.2) is 64.0 Å². The molecule has 0 spiro atoms. The molecule has 45 heavy (non-hydrogen) atoms. The molecular formula is C34H38N4O7. The number of nitrogens with one attached hydrogen (secondary N) is 3. The molecule has 4 bridgehead atoms. The molecule has 0 radical (unpaired) electrons. The number of rotatable bonds is 11. The number of aromatic nitrogens is 1. The minimum absolute atomic E-state index is 0.0156. The topological polar surface area (TPSA) is 149 Å². The van der Waals surface area contributed by atoms with Crippen LogP contribution in [-0.2, 0) is 25.7 Å². The summed E-state index contributed by atoms with van der Waals surface area (Å²) in [5, 5.41) is 9.34. The molecular weight excluding hydrogens is 576 g/mol. The van der Waals surface area contributed by atoms with Crippen LogP contribution in [0.2, 0.25) is 0 Å². The third-order valence-corrected chi connectivity index (χ3v) is 9.73. The lowest BCUT2D eigenvalue weighted by atomic mass is 9.79. The Morgan fingerprint density at radius 1 is 1.07 bits per heavy atom. The number of benzene rings is 1. The number of nitrogens with zero attached hydrogens (tertiary/aromatic N) is 1. The van der Waals surface area contributed by atoms with Gasteiger partial charge in [-0.15, -0.1) is 0 Å². The van der Waals surface area contributed by atoms with Gasteiger partial charge in [0.2, 0.25) is 11.8 Å². The molecule has 1 aromatic carbocycles. The number of ether oxygens (including phenoxy) is 1. The van der Waals surface area contributed by atoms with E-state index >= 15 is 0 Å². The van der Waals surface area contributed by atoms with Crippen molar-refractivity contribution in [3.63, 3.8) is 0 Å². The molecule has 4 fully saturated rings. The van der Waals surface area contributed by atoms with E-state index in [1.54, 1.807) is 31.2 Å². The molecule has 6 atom stereocenters. The predicted octanol–water partition coefficient (Wildman–Crippen LogP) is 3.70. The first-order valence-corrected chi connectivity index (χ1v) is 15.5. The molecule has 0 aliphatic heterocycles. The summed E-state index contributed by atoms with van der Waals surface area (Å²) in [4.78, 5) is 64.6. The number of aryl methyl sites for hydroxylation is 1. The summed E-state index contributed by atoms with van der Waals surface area (Å²) in [6.45, 7) is 1.61. The van der Waals surface area contributed by atoms with Crippen LogP contribution in [0.25, 0.3) is 11.0 Å². The molecule has 0 saturated heterocycles. The van der Waals surface area contributed by atoms with E-state index in [-0.39, 0.29) is 42.8 Å². The van der Waals surface area contributed by atoms with E-state index in [9.17, 15) is 24.0 Å². The first-order chi connectivity index (χ1) is 21.7. The third-order valence-electron chi connectivity index (χ3n) is 9.73. The quantitative estimate of drug-likeness (QED) is 0.220. The Kier molecular flexibility index (Phi) is 8.60. The molecule has 4 aliphatic rings. The number of furan rings is 1. The Balaban J connectivity index is 1.14. The van der Waals surface area contributed by atoms with Crippen LogP contribution in [0, 0.1) is 30.6 Å². The van der Waals surface area contributed by atoms with Crippen LogP contribution in [0.4, 0.5) is 5.69 Å². The van der Waals surface area contributed by atoms with Crippen molar-refractivity contribution >= 4 is 40.3 Å². The van der Waals surface area contributed by atoms with Gasteiger partial charge in [-0.05, 0) is 87.3 Å². The summed E-state index contributed by atoms with van der Waals surface area (Å²) in [5.74, 6) is 0.684. The number of esters is 1. The largest absolute Gasteiger partial charge is 0.466 e. The maximum Gasteiger partial charge on any atom is 0.330 e. The van der Waals surface area contributed by atoms with Crippen LogP contribution >= 0.6 is 0 Å². The van der Waals surface area contributed by atoms with E-state index in [2.05, 4.69) is 20.7 Å². The second-order valence-electron chi connectivity index (χ2n) is 12.5. The van der Waals surface area contributed by atoms with Crippen molar-refractivity contribution in [2.24, 2.45) is 23.7 Å². The lowest BCUT2D eigenvalue weighted by Crippen LogP contribution is -2.46. The SMILES string of the molecule is COC(=O)/C=C/CC[C@H](NC(=O)c1oc2ccccc2c1C)C(=O)Nc1cccn(CC(=O)NC2C3CC4CC(C3)C2C4)c1=O. The molecule has 5 unspecified atom stereocenters. The van der Waals surface area contributed by atoms with Gasteiger partial charge < -0.3 is 29.7 Å². The van der Waals surface area contributed by atoms with E-state index in [1.807, 2.05) is 12.1 Å². The number of para-hydroxylation sites is 1. The van der Waals surface area contributed by atoms with Crippen LogP contribution in [0.1, 0.15) is 54.6 Å². The second-order valence-corrected chi connectivity index (χ2v) is 12.5. The van der Waals surface area contributed by atoms with Gasteiger partial charge in [0.1, 0.15) is 23.9 Å². The number of allylic oxidation sites excluding steroid dienone is 1. The van der Waals surface area contributed by atoms with Gasteiger partial charge >= 0.3 is 5.97 Å². The summed E-state index contributed by atoms with van der Waals surface area (Å²) < 4.78 is 11.7. The van der Waals surface area contributed by atoms with Gasteiger partial charge in [0, 0.05) is 29.3 Å². The zero-order chi connectivity index (χ0) is 31.7. The number of amides is 3. The van der Waals surface area contributed by atoms with Gasteiger partial charge in [-0.1, -0.05) is 24.3 Å². The number of hydrogen-bond donors (Lipinski definition) is 3. The first kappa shape index (κ1) is 30.4. The van der Waals surface area contributed by atoms with Crippen LogP contribution in [0.5, 0.6) is 0 Å². The van der Waals surface area contributed by atoms with E-state index in [4.69, 9.17) is 4.42 Å². The van der Waals surface area contributed by atoms with E-state index in [0.717, 1.165) is 11.3 Å². The second kappa shape index (κ2) is 12.7. The standard InChI is InChI=1S/C34H38N4O7/c1-19-23-8-3-5-11-27(23)45-31(19)33(42)35-25(9-4-6-12-29(40)44-2)32(41)36-26-10-7-13-38(34(26)43)18-28(39)37-30-22-15-20-14-21(17-22)24(30)16-20/h3,5-8,10-13,20-22,24-25,30H,4,9,14-18H2,1-2H3,(H,35,42)(H,36,41)(H,37,39)/b12-6+/t20?,21?,22?,24?,25-,30?/m0/s1. The fourth-order valence-electron chi connectivity index (χ4n) is 7.72. The lowest BCUT2D eigenvalue weighted by molar-refractivity contribution is -0.134. The summed E-state index contributed by atoms with van der Waals surface area (Å²) in [6.07, 6.45) is 9.49. The van der Waals surface area contributed by atoms with Crippen LogP contribution in [-0.4, -0.2) is 47.5 Å². The minimum Gasteiger partial charge on any atom is -0.466 e. The summed E-state index contributed by atoms with van der Waals surface area (Å²) >= 11 is 0. The molecule has 4 aliphatic carbocycles. The molecule has 3 amide bonds. The monoisotopic (exact) mass is 614 g/mol. The highest BCUT2D eigenvalue weighted by Gasteiger charge is 2.54. The highest BCUT2D eigenvalue weighted by molar-refractivity contribution is 6.03. The third kappa shape index (κ3) is 6.29. The maximum atomic E-state index is 13.5. The molecule has 7 rings (SSSR count). The van der Waals surface area contributed by atoms with Gasteiger partial charge in [-0.3, -0.25) is 19.2 Å². The van der Waals surface area contributed by atoms with Crippen molar-refractivity contribution in [2.75, 3.05) is 12.4 Å². The molecule has 11 nitrogen and oxygen atoms in total. The number of hydrogen-bond acceptors (Lipinski definition) is 7. The summed E-state index contributed by atoms with van der Waals surface area (Å²) in [5.41, 5.74) is 0.635. The molecule has 2 aromatic heterocycles.